The van der Waals surface area contributed by atoms with E-state index in [1.165, 1.54) is 23.2 Å². The molecule has 2 aromatic rings. The molecule has 0 unspecified atom stereocenters. The van der Waals surface area contributed by atoms with E-state index in [1.807, 2.05) is 0 Å². The summed E-state index contributed by atoms with van der Waals surface area (Å²) < 4.78 is 20.1. The Bertz CT molecular complexity index is 883. The lowest BCUT2D eigenvalue weighted by Gasteiger charge is -2.39. The zero-order valence-electron chi connectivity index (χ0n) is 13.0. The molecular weight excluding hydrogens is 317 g/mol. The van der Waals surface area contributed by atoms with Crippen LogP contribution in [0.3, 0.4) is 0 Å². The van der Waals surface area contributed by atoms with E-state index in [-0.39, 0.29) is 24.3 Å². The van der Waals surface area contributed by atoms with Gasteiger partial charge in [0.2, 0.25) is 5.91 Å². The number of hydrogen-bond donors (Lipinski definition) is 1. The van der Waals surface area contributed by atoms with Crippen molar-refractivity contribution in [3.8, 4) is 5.75 Å². The zero-order valence-corrected chi connectivity index (χ0v) is 13.0. The molecular formula is C16H16FN3O4. The van der Waals surface area contributed by atoms with Gasteiger partial charge in [-0.25, -0.2) is 9.18 Å². The molecule has 1 aliphatic heterocycles. The second kappa shape index (κ2) is 6.31. The molecule has 1 aromatic carbocycles. The summed E-state index contributed by atoms with van der Waals surface area (Å²) in [7, 11) is 0. The highest BCUT2D eigenvalue weighted by Crippen LogP contribution is 2.21. The van der Waals surface area contributed by atoms with Crippen molar-refractivity contribution in [3.05, 3.63) is 62.7 Å². The van der Waals surface area contributed by atoms with Crippen LogP contribution in [0.4, 0.5) is 4.39 Å². The third-order valence-corrected chi connectivity index (χ3v) is 3.83. The summed E-state index contributed by atoms with van der Waals surface area (Å²) in [6, 6.07) is 6.08. The number of likely N-dealkylation sites (tertiary alicyclic amines) is 1. The summed E-state index contributed by atoms with van der Waals surface area (Å²) in [6.45, 7) is 2.04. The number of H-pyrrole nitrogens is 1. The van der Waals surface area contributed by atoms with Gasteiger partial charge in [0, 0.05) is 11.8 Å². The monoisotopic (exact) mass is 333 g/mol. The third kappa shape index (κ3) is 3.22. The van der Waals surface area contributed by atoms with Gasteiger partial charge in [0.05, 0.1) is 13.1 Å². The Morgan fingerprint density at radius 3 is 2.75 bits per heavy atom. The first-order chi connectivity index (χ1) is 11.4. The molecule has 24 heavy (non-hydrogen) atoms. The van der Waals surface area contributed by atoms with Gasteiger partial charge in [-0.2, -0.15) is 0 Å². The number of ether oxygens (including phenoxy) is 1. The van der Waals surface area contributed by atoms with Gasteiger partial charge < -0.3 is 9.64 Å². The molecule has 7 nitrogen and oxygen atoms in total. The summed E-state index contributed by atoms with van der Waals surface area (Å²) in [5.74, 6) is -0.559. The standard InChI is InChI=1S/C16H16FN3O4/c1-10-6-20(16(23)18-15(10)22)9-14(21)19-7-11(8-19)24-13-5-3-2-4-12(13)17/h2-6,11H,7-9H2,1H3,(H,18,22,23). The molecule has 1 aromatic heterocycles. The van der Waals surface area contributed by atoms with Crippen molar-refractivity contribution in [2.24, 2.45) is 0 Å². The molecule has 0 radical (unpaired) electrons. The van der Waals surface area contributed by atoms with Gasteiger partial charge in [0.1, 0.15) is 12.6 Å². The number of carbonyl (C=O) groups is 1. The van der Waals surface area contributed by atoms with E-state index in [0.29, 0.717) is 18.7 Å². The van der Waals surface area contributed by atoms with Gasteiger partial charge in [0.25, 0.3) is 5.56 Å². The Balaban J connectivity index is 1.57. The van der Waals surface area contributed by atoms with E-state index >= 15 is 0 Å². The molecule has 8 heteroatoms. The smallest absolute Gasteiger partial charge is 0.328 e. The van der Waals surface area contributed by atoms with Crippen molar-refractivity contribution in [1.29, 1.82) is 0 Å². The van der Waals surface area contributed by atoms with Crippen LogP contribution in [0.2, 0.25) is 0 Å². The number of hydrogen-bond acceptors (Lipinski definition) is 4. The van der Waals surface area contributed by atoms with Crippen molar-refractivity contribution < 1.29 is 13.9 Å². The molecule has 2 heterocycles. The predicted octanol–water partition coefficient (Wildman–Crippen LogP) is 0.274. The average Bonchev–Trinajstić information content (AvgIpc) is 2.49. The fourth-order valence-electron chi connectivity index (χ4n) is 2.42. The van der Waals surface area contributed by atoms with E-state index in [9.17, 15) is 18.8 Å². The van der Waals surface area contributed by atoms with Crippen LogP contribution in [-0.4, -0.2) is 39.6 Å². The number of nitrogens with zero attached hydrogens (tertiary/aromatic N) is 2. The Kier molecular flexibility index (Phi) is 4.20. The molecule has 1 amide bonds. The Labute approximate surface area is 136 Å². The third-order valence-electron chi connectivity index (χ3n) is 3.83. The van der Waals surface area contributed by atoms with Crippen LogP contribution in [0.15, 0.2) is 40.1 Å². The minimum absolute atomic E-state index is 0.155. The highest BCUT2D eigenvalue weighted by Gasteiger charge is 2.32. The van der Waals surface area contributed by atoms with E-state index < -0.39 is 17.1 Å². The molecule has 0 saturated carbocycles. The van der Waals surface area contributed by atoms with Gasteiger partial charge in [-0.15, -0.1) is 0 Å². The molecule has 1 N–H and O–H groups in total. The van der Waals surface area contributed by atoms with Crippen LogP contribution in [0, 0.1) is 12.7 Å². The minimum atomic E-state index is -0.626. The molecule has 0 spiro atoms. The van der Waals surface area contributed by atoms with Crippen LogP contribution in [-0.2, 0) is 11.3 Å². The lowest BCUT2D eigenvalue weighted by Crippen LogP contribution is -2.57. The van der Waals surface area contributed by atoms with Crippen LogP contribution < -0.4 is 16.0 Å². The van der Waals surface area contributed by atoms with Crippen molar-refractivity contribution in [1.82, 2.24) is 14.5 Å². The fourth-order valence-corrected chi connectivity index (χ4v) is 2.42. The zero-order chi connectivity index (χ0) is 17.3. The fraction of sp³-hybridized carbons (Fsp3) is 0.312. The molecule has 0 bridgehead atoms. The maximum Gasteiger partial charge on any atom is 0.328 e. The quantitative estimate of drug-likeness (QED) is 0.871. The van der Waals surface area contributed by atoms with Crippen LogP contribution in [0.25, 0.3) is 0 Å². The van der Waals surface area contributed by atoms with Crippen molar-refractivity contribution >= 4 is 5.91 Å². The van der Waals surface area contributed by atoms with Gasteiger partial charge in [-0.3, -0.25) is 19.1 Å². The molecule has 1 aliphatic rings. The Morgan fingerprint density at radius 2 is 2.04 bits per heavy atom. The summed E-state index contributed by atoms with van der Waals surface area (Å²) in [4.78, 5) is 38.8. The van der Waals surface area contributed by atoms with Crippen molar-refractivity contribution in [3.63, 3.8) is 0 Å². The van der Waals surface area contributed by atoms with Gasteiger partial charge in [0.15, 0.2) is 11.6 Å². The first-order valence-corrected chi connectivity index (χ1v) is 7.43. The Hall–Kier alpha value is -2.90. The second-order valence-corrected chi connectivity index (χ2v) is 5.67. The summed E-state index contributed by atoms with van der Waals surface area (Å²) in [5, 5.41) is 0. The summed E-state index contributed by atoms with van der Waals surface area (Å²) >= 11 is 0. The van der Waals surface area contributed by atoms with E-state index in [2.05, 4.69) is 4.98 Å². The number of aryl methyl sites for hydroxylation is 1. The second-order valence-electron chi connectivity index (χ2n) is 5.67. The first kappa shape index (κ1) is 16.0. The molecule has 1 saturated heterocycles. The number of aromatic nitrogens is 2. The van der Waals surface area contributed by atoms with E-state index in [0.717, 1.165) is 4.57 Å². The number of para-hydroxylation sites is 1. The molecule has 126 valence electrons. The minimum Gasteiger partial charge on any atom is -0.484 e. The largest absolute Gasteiger partial charge is 0.484 e. The lowest BCUT2D eigenvalue weighted by atomic mass is 10.1. The van der Waals surface area contributed by atoms with Crippen LogP contribution in [0.1, 0.15) is 5.56 Å². The molecule has 0 aliphatic carbocycles. The maximum absolute atomic E-state index is 13.5. The van der Waals surface area contributed by atoms with Gasteiger partial charge >= 0.3 is 5.69 Å². The summed E-state index contributed by atoms with van der Waals surface area (Å²) in [5.41, 5.74) is -0.739. The normalized spacial score (nSPS) is 14.3. The summed E-state index contributed by atoms with van der Waals surface area (Å²) in [6.07, 6.45) is 1.08. The SMILES string of the molecule is Cc1cn(CC(=O)N2CC(Oc3ccccc3F)C2)c(=O)[nH]c1=O. The van der Waals surface area contributed by atoms with E-state index in [4.69, 9.17) is 4.74 Å². The average molecular weight is 333 g/mol. The topological polar surface area (TPSA) is 84.4 Å². The van der Waals surface area contributed by atoms with Crippen LogP contribution >= 0.6 is 0 Å². The van der Waals surface area contributed by atoms with E-state index in [1.54, 1.807) is 19.1 Å². The Morgan fingerprint density at radius 1 is 1.33 bits per heavy atom. The number of halogens is 1. The number of rotatable bonds is 4. The highest BCUT2D eigenvalue weighted by molar-refractivity contribution is 5.77. The highest BCUT2D eigenvalue weighted by atomic mass is 19.1. The van der Waals surface area contributed by atoms with Gasteiger partial charge in [-0.1, -0.05) is 12.1 Å². The van der Waals surface area contributed by atoms with Crippen LogP contribution in [0.5, 0.6) is 5.75 Å². The number of nitrogens with one attached hydrogen (secondary N) is 1. The van der Waals surface area contributed by atoms with Crippen molar-refractivity contribution in [2.75, 3.05) is 13.1 Å². The molecule has 3 rings (SSSR count). The number of carbonyl (C=O) groups excluding carboxylic acids is 1. The molecule has 1 fully saturated rings. The molecule has 0 atom stereocenters. The van der Waals surface area contributed by atoms with Crippen molar-refractivity contribution in [2.45, 2.75) is 19.6 Å². The number of amides is 1. The predicted molar refractivity (Wildman–Crippen MR) is 83.5 cm³/mol. The first-order valence-electron chi connectivity index (χ1n) is 7.43. The number of aromatic amines is 1. The maximum atomic E-state index is 13.5. The number of benzene rings is 1. The van der Waals surface area contributed by atoms with Gasteiger partial charge in [-0.05, 0) is 19.1 Å². The lowest BCUT2D eigenvalue weighted by molar-refractivity contribution is -0.140.